The first-order valence-corrected chi connectivity index (χ1v) is 13.1. The van der Waals surface area contributed by atoms with Gasteiger partial charge in [-0.3, -0.25) is 9.59 Å². The molecular formula is C26H40Cl2O4. The molecule has 0 saturated heterocycles. The highest BCUT2D eigenvalue weighted by Crippen LogP contribution is 2.28. The number of carbonyl (C=O) groups is 2. The van der Waals surface area contributed by atoms with Crippen molar-refractivity contribution in [2.75, 3.05) is 6.61 Å². The summed E-state index contributed by atoms with van der Waals surface area (Å²) in [6.07, 6.45) is 16.6. The number of halogens is 2. The van der Waals surface area contributed by atoms with E-state index in [1.165, 1.54) is 38.5 Å². The minimum atomic E-state index is -0.284. The van der Waals surface area contributed by atoms with Gasteiger partial charge in [-0.2, -0.15) is 0 Å². The van der Waals surface area contributed by atoms with E-state index in [9.17, 15) is 9.59 Å². The van der Waals surface area contributed by atoms with Crippen LogP contribution in [0.5, 0.6) is 5.75 Å². The summed E-state index contributed by atoms with van der Waals surface area (Å²) in [5, 5.41) is 0.841. The molecule has 0 aliphatic heterocycles. The zero-order valence-corrected chi connectivity index (χ0v) is 21.2. The lowest BCUT2D eigenvalue weighted by molar-refractivity contribution is -0.144. The first kappa shape index (κ1) is 28.8. The third-order valence-electron chi connectivity index (χ3n) is 5.39. The summed E-state index contributed by atoms with van der Waals surface area (Å²) in [7, 11) is 0. The van der Waals surface area contributed by atoms with Crippen molar-refractivity contribution in [3.05, 3.63) is 28.2 Å². The van der Waals surface area contributed by atoms with Crippen molar-refractivity contribution in [3.8, 4) is 5.75 Å². The van der Waals surface area contributed by atoms with Gasteiger partial charge in [-0.05, 0) is 37.5 Å². The molecule has 0 saturated carbocycles. The van der Waals surface area contributed by atoms with E-state index < -0.39 is 0 Å². The van der Waals surface area contributed by atoms with E-state index in [1.54, 1.807) is 18.2 Å². The Morgan fingerprint density at radius 3 is 1.84 bits per heavy atom. The van der Waals surface area contributed by atoms with Crippen LogP contribution in [-0.2, 0) is 14.3 Å². The Morgan fingerprint density at radius 2 is 1.25 bits per heavy atom. The summed E-state index contributed by atoms with van der Waals surface area (Å²) in [6, 6.07) is 4.80. The van der Waals surface area contributed by atoms with Gasteiger partial charge in [0.2, 0.25) is 0 Å². The third kappa shape index (κ3) is 15.5. The average Bonchev–Trinajstić information content (AvgIpc) is 2.76. The van der Waals surface area contributed by atoms with Crippen molar-refractivity contribution in [3.63, 3.8) is 0 Å². The smallest absolute Gasteiger partial charge is 0.311 e. The topological polar surface area (TPSA) is 52.6 Å². The largest absolute Gasteiger partial charge is 0.466 e. The standard InChI is InChI=1S/C26H40Cl2O4/c1-2-3-4-5-6-9-12-15-20-31-25(29)16-13-10-7-8-11-14-17-26(30)32-24-19-18-22(27)21-23(24)28/h18-19,21H,2-17,20H2,1H3. The van der Waals surface area contributed by atoms with Gasteiger partial charge in [0.05, 0.1) is 11.6 Å². The van der Waals surface area contributed by atoms with E-state index in [0.717, 1.165) is 51.4 Å². The van der Waals surface area contributed by atoms with Crippen molar-refractivity contribution < 1.29 is 19.1 Å². The fourth-order valence-corrected chi connectivity index (χ4v) is 3.92. The SMILES string of the molecule is CCCCCCCCCCOC(=O)CCCCCCCCC(=O)Oc1ccc(Cl)cc1Cl. The Labute approximate surface area is 204 Å². The lowest BCUT2D eigenvalue weighted by atomic mass is 10.1. The molecule has 6 heteroatoms. The van der Waals surface area contributed by atoms with Crippen molar-refractivity contribution in [2.24, 2.45) is 0 Å². The van der Waals surface area contributed by atoms with Gasteiger partial charge >= 0.3 is 11.9 Å². The van der Waals surface area contributed by atoms with Gasteiger partial charge in [0.1, 0.15) is 5.75 Å². The zero-order valence-electron chi connectivity index (χ0n) is 19.6. The normalized spacial score (nSPS) is 10.8. The number of hydrogen-bond donors (Lipinski definition) is 0. The Kier molecular flexibility index (Phi) is 17.3. The molecule has 182 valence electrons. The maximum atomic E-state index is 11.9. The molecule has 1 rings (SSSR count). The monoisotopic (exact) mass is 486 g/mol. The molecule has 0 heterocycles. The minimum absolute atomic E-state index is 0.0726. The van der Waals surface area contributed by atoms with Crippen molar-refractivity contribution in [1.29, 1.82) is 0 Å². The predicted octanol–water partition coefficient (Wildman–Crippen LogP) is 8.70. The van der Waals surface area contributed by atoms with E-state index in [4.69, 9.17) is 32.7 Å². The highest BCUT2D eigenvalue weighted by molar-refractivity contribution is 6.35. The van der Waals surface area contributed by atoms with E-state index in [1.807, 2.05) is 0 Å². The Hall–Kier alpha value is -1.26. The molecule has 0 amide bonds. The van der Waals surface area contributed by atoms with E-state index in [0.29, 0.717) is 35.2 Å². The Bertz CT molecular complexity index is 649. The summed E-state index contributed by atoms with van der Waals surface area (Å²) in [6.45, 7) is 2.79. The fraction of sp³-hybridized carbons (Fsp3) is 0.692. The summed E-state index contributed by atoms with van der Waals surface area (Å²) < 4.78 is 10.6. The molecule has 4 nitrogen and oxygen atoms in total. The van der Waals surface area contributed by atoms with Gasteiger partial charge in [-0.25, -0.2) is 0 Å². The quantitative estimate of drug-likeness (QED) is 0.111. The summed E-state index contributed by atoms with van der Waals surface area (Å²) in [5.74, 6) is -0.0135. The number of unbranched alkanes of at least 4 members (excludes halogenated alkanes) is 12. The van der Waals surface area contributed by atoms with Crippen LogP contribution in [0, 0.1) is 0 Å². The molecule has 1 aromatic carbocycles. The number of carbonyl (C=O) groups excluding carboxylic acids is 2. The second kappa shape index (κ2) is 19.2. The van der Waals surface area contributed by atoms with Crippen LogP contribution in [0.25, 0.3) is 0 Å². The molecular weight excluding hydrogens is 447 g/mol. The van der Waals surface area contributed by atoms with Crippen LogP contribution in [0.3, 0.4) is 0 Å². The summed E-state index contributed by atoms with van der Waals surface area (Å²) in [4.78, 5) is 23.7. The van der Waals surface area contributed by atoms with Gasteiger partial charge < -0.3 is 9.47 Å². The molecule has 0 unspecified atom stereocenters. The van der Waals surface area contributed by atoms with Crippen LogP contribution in [0.2, 0.25) is 10.0 Å². The van der Waals surface area contributed by atoms with Crippen LogP contribution in [-0.4, -0.2) is 18.5 Å². The van der Waals surface area contributed by atoms with Crippen LogP contribution in [0.4, 0.5) is 0 Å². The predicted molar refractivity (Wildman–Crippen MR) is 133 cm³/mol. The summed E-state index contributed by atoms with van der Waals surface area (Å²) in [5.41, 5.74) is 0. The number of rotatable bonds is 19. The lowest BCUT2D eigenvalue weighted by Gasteiger charge is -2.07. The van der Waals surface area contributed by atoms with Crippen molar-refractivity contribution in [2.45, 2.75) is 110 Å². The van der Waals surface area contributed by atoms with Gasteiger partial charge in [0.15, 0.2) is 0 Å². The van der Waals surface area contributed by atoms with Crippen LogP contribution in [0.15, 0.2) is 18.2 Å². The molecule has 0 aromatic heterocycles. The molecule has 0 aliphatic rings. The Balaban J connectivity index is 1.88. The molecule has 0 spiro atoms. The van der Waals surface area contributed by atoms with Gasteiger partial charge in [-0.1, -0.05) is 101 Å². The molecule has 1 aromatic rings. The number of ether oxygens (including phenoxy) is 2. The molecule has 0 bridgehead atoms. The fourth-order valence-electron chi connectivity index (χ4n) is 3.47. The first-order chi connectivity index (χ1) is 15.5. The second-order valence-corrected chi connectivity index (χ2v) is 9.21. The highest BCUT2D eigenvalue weighted by atomic mass is 35.5. The van der Waals surface area contributed by atoms with E-state index in [2.05, 4.69) is 6.92 Å². The summed E-state index contributed by atoms with van der Waals surface area (Å²) >= 11 is 11.8. The molecule has 0 fully saturated rings. The molecule has 0 radical (unpaired) electrons. The third-order valence-corrected chi connectivity index (χ3v) is 5.92. The number of hydrogen-bond acceptors (Lipinski definition) is 4. The van der Waals surface area contributed by atoms with E-state index >= 15 is 0 Å². The maximum absolute atomic E-state index is 11.9. The molecule has 32 heavy (non-hydrogen) atoms. The minimum Gasteiger partial charge on any atom is -0.466 e. The van der Waals surface area contributed by atoms with Crippen molar-refractivity contribution in [1.82, 2.24) is 0 Å². The molecule has 0 aliphatic carbocycles. The number of esters is 2. The van der Waals surface area contributed by atoms with Gasteiger partial charge in [0, 0.05) is 17.9 Å². The van der Waals surface area contributed by atoms with Crippen LogP contribution >= 0.6 is 23.2 Å². The Morgan fingerprint density at radius 1 is 0.719 bits per heavy atom. The average molecular weight is 488 g/mol. The van der Waals surface area contributed by atoms with Crippen molar-refractivity contribution >= 4 is 35.1 Å². The second-order valence-electron chi connectivity index (χ2n) is 8.37. The van der Waals surface area contributed by atoms with Gasteiger partial charge in [-0.15, -0.1) is 0 Å². The molecule has 0 atom stereocenters. The number of benzene rings is 1. The van der Waals surface area contributed by atoms with Gasteiger partial charge in [0.25, 0.3) is 0 Å². The van der Waals surface area contributed by atoms with Crippen LogP contribution in [0.1, 0.15) is 110 Å². The maximum Gasteiger partial charge on any atom is 0.311 e. The van der Waals surface area contributed by atoms with Crippen LogP contribution < -0.4 is 4.74 Å². The van der Waals surface area contributed by atoms with E-state index in [-0.39, 0.29) is 11.9 Å². The highest BCUT2D eigenvalue weighted by Gasteiger charge is 2.09. The zero-order chi connectivity index (χ0) is 23.4. The first-order valence-electron chi connectivity index (χ1n) is 12.3. The molecule has 0 N–H and O–H groups in total. The lowest BCUT2D eigenvalue weighted by Crippen LogP contribution is -2.07.